The second-order valence-corrected chi connectivity index (χ2v) is 7.87. The topological polar surface area (TPSA) is 56.4 Å². The standard InChI is InChI=1S/C21H27N3O2/c1-21(2,3)17-8-6-16(7-9-17)20(26)24-13-11-23(12-14-24)19(25)15-18-5-4-10-22-18/h4-10,22H,11-15H2,1-3H3. The Morgan fingerprint density at radius 3 is 2.12 bits per heavy atom. The van der Waals surface area contributed by atoms with Gasteiger partial charge in [0.1, 0.15) is 0 Å². The Balaban J connectivity index is 1.55. The number of carbonyl (C=O) groups excluding carboxylic acids is 2. The maximum Gasteiger partial charge on any atom is 0.253 e. The van der Waals surface area contributed by atoms with Gasteiger partial charge in [-0.25, -0.2) is 0 Å². The molecule has 138 valence electrons. The van der Waals surface area contributed by atoms with Crippen LogP contribution in [0.2, 0.25) is 0 Å². The quantitative estimate of drug-likeness (QED) is 0.922. The number of benzene rings is 1. The Bertz CT molecular complexity index is 750. The van der Waals surface area contributed by atoms with Crippen molar-refractivity contribution in [2.24, 2.45) is 0 Å². The minimum Gasteiger partial charge on any atom is -0.365 e. The Labute approximate surface area is 155 Å². The van der Waals surface area contributed by atoms with Crippen molar-refractivity contribution in [2.45, 2.75) is 32.6 Å². The fourth-order valence-electron chi connectivity index (χ4n) is 3.21. The molecular formula is C21H27N3O2. The Kier molecular flexibility index (Phi) is 5.16. The SMILES string of the molecule is CC(C)(C)c1ccc(C(=O)N2CCN(C(=O)Cc3ccc[nH]3)CC2)cc1. The average molecular weight is 353 g/mol. The minimum absolute atomic E-state index is 0.0435. The third-order valence-corrected chi connectivity index (χ3v) is 4.92. The Morgan fingerprint density at radius 1 is 0.962 bits per heavy atom. The van der Waals surface area contributed by atoms with E-state index in [2.05, 4.69) is 25.8 Å². The summed E-state index contributed by atoms with van der Waals surface area (Å²) in [5.74, 6) is 0.149. The molecule has 1 aliphatic heterocycles. The van der Waals surface area contributed by atoms with Gasteiger partial charge in [-0.2, -0.15) is 0 Å². The van der Waals surface area contributed by atoms with Crippen LogP contribution in [0, 0.1) is 0 Å². The second-order valence-electron chi connectivity index (χ2n) is 7.87. The zero-order chi connectivity index (χ0) is 18.7. The van der Waals surface area contributed by atoms with E-state index in [1.807, 2.05) is 52.4 Å². The van der Waals surface area contributed by atoms with Crippen molar-refractivity contribution < 1.29 is 9.59 Å². The monoisotopic (exact) mass is 353 g/mol. The van der Waals surface area contributed by atoms with Crippen LogP contribution in [0.3, 0.4) is 0 Å². The molecule has 2 heterocycles. The van der Waals surface area contributed by atoms with E-state index >= 15 is 0 Å². The molecule has 5 heteroatoms. The molecule has 2 amide bonds. The first-order chi connectivity index (χ1) is 12.3. The normalized spacial score (nSPS) is 15.2. The molecule has 26 heavy (non-hydrogen) atoms. The van der Waals surface area contributed by atoms with E-state index in [-0.39, 0.29) is 17.2 Å². The molecule has 1 aromatic heterocycles. The molecule has 2 aromatic rings. The Hall–Kier alpha value is -2.56. The van der Waals surface area contributed by atoms with Crippen LogP contribution in [0.5, 0.6) is 0 Å². The largest absolute Gasteiger partial charge is 0.365 e. The van der Waals surface area contributed by atoms with Crippen LogP contribution in [0.1, 0.15) is 42.4 Å². The van der Waals surface area contributed by atoms with E-state index in [0.717, 1.165) is 5.69 Å². The number of hydrogen-bond donors (Lipinski definition) is 1. The van der Waals surface area contributed by atoms with Crippen LogP contribution in [-0.4, -0.2) is 52.8 Å². The van der Waals surface area contributed by atoms with Gasteiger partial charge in [0.15, 0.2) is 0 Å². The molecule has 1 saturated heterocycles. The first-order valence-electron chi connectivity index (χ1n) is 9.14. The number of aromatic amines is 1. The average Bonchev–Trinajstić information content (AvgIpc) is 3.13. The molecule has 0 unspecified atom stereocenters. The summed E-state index contributed by atoms with van der Waals surface area (Å²) in [6, 6.07) is 11.7. The number of nitrogens with zero attached hydrogens (tertiary/aromatic N) is 2. The van der Waals surface area contributed by atoms with Crippen molar-refractivity contribution in [3.05, 3.63) is 59.4 Å². The number of aromatic nitrogens is 1. The molecule has 0 aliphatic carbocycles. The third-order valence-electron chi connectivity index (χ3n) is 4.92. The smallest absolute Gasteiger partial charge is 0.253 e. The van der Waals surface area contributed by atoms with Crippen LogP contribution in [0.4, 0.5) is 0 Å². The number of H-pyrrole nitrogens is 1. The minimum atomic E-state index is 0.0435. The van der Waals surface area contributed by atoms with Crippen LogP contribution in [0.15, 0.2) is 42.6 Å². The lowest BCUT2D eigenvalue weighted by atomic mass is 9.86. The highest BCUT2D eigenvalue weighted by molar-refractivity contribution is 5.94. The summed E-state index contributed by atoms with van der Waals surface area (Å²) < 4.78 is 0. The number of nitrogens with one attached hydrogen (secondary N) is 1. The molecule has 0 bridgehead atoms. The molecule has 1 aromatic carbocycles. The summed E-state index contributed by atoms with van der Waals surface area (Å²) in [6.45, 7) is 8.82. The second kappa shape index (κ2) is 7.36. The number of rotatable bonds is 3. The van der Waals surface area contributed by atoms with Crippen molar-refractivity contribution >= 4 is 11.8 Å². The van der Waals surface area contributed by atoms with E-state index < -0.39 is 0 Å². The highest BCUT2D eigenvalue weighted by Crippen LogP contribution is 2.22. The summed E-state index contributed by atoms with van der Waals surface area (Å²) in [5, 5.41) is 0. The molecule has 1 aliphatic rings. The van der Waals surface area contributed by atoms with Gasteiger partial charge < -0.3 is 14.8 Å². The van der Waals surface area contributed by atoms with Crippen LogP contribution < -0.4 is 0 Å². The molecule has 5 nitrogen and oxygen atoms in total. The lowest BCUT2D eigenvalue weighted by Crippen LogP contribution is -2.51. The molecular weight excluding hydrogens is 326 g/mol. The number of carbonyl (C=O) groups is 2. The summed E-state index contributed by atoms with van der Waals surface area (Å²) in [5.41, 5.74) is 2.93. The van der Waals surface area contributed by atoms with Crippen molar-refractivity contribution in [3.63, 3.8) is 0 Å². The van der Waals surface area contributed by atoms with Gasteiger partial charge in [-0.05, 0) is 35.2 Å². The Morgan fingerprint density at radius 2 is 1.58 bits per heavy atom. The van der Waals surface area contributed by atoms with Gasteiger partial charge >= 0.3 is 0 Å². The summed E-state index contributed by atoms with van der Waals surface area (Å²) in [7, 11) is 0. The van der Waals surface area contributed by atoms with E-state index in [0.29, 0.717) is 38.2 Å². The van der Waals surface area contributed by atoms with Gasteiger partial charge in [0, 0.05) is 43.6 Å². The first-order valence-corrected chi connectivity index (χ1v) is 9.14. The third kappa shape index (κ3) is 4.15. The summed E-state index contributed by atoms with van der Waals surface area (Å²) in [4.78, 5) is 31.8. The van der Waals surface area contributed by atoms with E-state index in [1.165, 1.54) is 5.56 Å². The molecule has 0 spiro atoms. The fraction of sp³-hybridized carbons (Fsp3) is 0.429. The van der Waals surface area contributed by atoms with Crippen molar-refractivity contribution in [2.75, 3.05) is 26.2 Å². The van der Waals surface area contributed by atoms with Gasteiger partial charge in [-0.15, -0.1) is 0 Å². The van der Waals surface area contributed by atoms with Crippen LogP contribution >= 0.6 is 0 Å². The zero-order valence-electron chi connectivity index (χ0n) is 15.8. The van der Waals surface area contributed by atoms with Gasteiger partial charge in [0.2, 0.25) is 5.91 Å². The highest BCUT2D eigenvalue weighted by atomic mass is 16.2. The van der Waals surface area contributed by atoms with Crippen molar-refractivity contribution in [1.82, 2.24) is 14.8 Å². The maximum absolute atomic E-state index is 12.7. The van der Waals surface area contributed by atoms with Gasteiger partial charge in [0.25, 0.3) is 5.91 Å². The van der Waals surface area contributed by atoms with E-state index in [1.54, 1.807) is 0 Å². The van der Waals surface area contributed by atoms with Crippen molar-refractivity contribution in [1.29, 1.82) is 0 Å². The summed E-state index contributed by atoms with van der Waals surface area (Å²) in [6.07, 6.45) is 2.21. The predicted molar refractivity (Wildman–Crippen MR) is 102 cm³/mol. The molecule has 0 radical (unpaired) electrons. The molecule has 0 atom stereocenters. The number of hydrogen-bond acceptors (Lipinski definition) is 2. The maximum atomic E-state index is 12.7. The van der Waals surface area contributed by atoms with E-state index in [9.17, 15) is 9.59 Å². The zero-order valence-corrected chi connectivity index (χ0v) is 15.8. The van der Waals surface area contributed by atoms with E-state index in [4.69, 9.17) is 0 Å². The van der Waals surface area contributed by atoms with Crippen LogP contribution in [0.25, 0.3) is 0 Å². The van der Waals surface area contributed by atoms with Crippen LogP contribution in [-0.2, 0) is 16.6 Å². The molecule has 0 saturated carbocycles. The summed E-state index contributed by atoms with van der Waals surface area (Å²) >= 11 is 0. The number of piperazine rings is 1. The van der Waals surface area contributed by atoms with Gasteiger partial charge in [0.05, 0.1) is 6.42 Å². The molecule has 3 rings (SSSR count). The molecule has 1 fully saturated rings. The van der Waals surface area contributed by atoms with Gasteiger partial charge in [-0.1, -0.05) is 32.9 Å². The fourth-order valence-corrected chi connectivity index (χ4v) is 3.21. The molecule has 1 N–H and O–H groups in total. The predicted octanol–water partition coefficient (Wildman–Crippen LogP) is 2.84. The number of amides is 2. The first kappa shape index (κ1) is 18.2. The van der Waals surface area contributed by atoms with Crippen molar-refractivity contribution in [3.8, 4) is 0 Å². The highest BCUT2D eigenvalue weighted by Gasteiger charge is 2.25. The lowest BCUT2D eigenvalue weighted by Gasteiger charge is -2.35. The lowest BCUT2D eigenvalue weighted by molar-refractivity contribution is -0.132. The van der Waals surface area contributed by atoms with Gasteiger partial charge in [-0.3, -0.25) is 9.59 Å².